The third kappa shape index (κ3) is 15.9. The topological polar surface area (TPSA) is 83.5 Å². The van der Waals surface area contributed by atoms with Crippen LogP contribution in [0.5, 0.6) is 5.75 Å². The highest BCUT2D eigenvalue weighted by Gasteiger charge is 2.42. The van der Waals surface area contributed by atoms with E-state index in [0.717, 1.165) is 17.7 Å². The maximum absolute atomic E-state index is 12.2. The minimum atomic E-state index is -2.17. The molecule has 0 saturated carbocycles. The molecule has 1 aromatic carbocycles. The fourth-order valence-electron chi connectivity index (χ4n) is 5.29. The molecule has 0 aliphatic heterocycles. The molecule has 50 heavy (non-hydrogen) atoms. The lowest BCUT2D eigenvalue weighted by Crippen LogP contribution is -2.48. The maximum atomic E-state index is 12.2. The van der Waals surface area contributed by atoms with Gasteiger partial charge >= 0.3 is 5.97 Å². The van der Waals surface area contributed by atoms with Crippen LogP contribution in [0, 0.1) is 23.7 Å². The van der Waals surface area contributed by atoms with Gasteiger partial charge in [0.05, 0.1) is 38.6 Å². The van der Waals surface area contributed by atoms with Crippen LogP contribution in [0.3, 0.4) is 0 Å². The van der Waals surface area contributed by atoms with Crippen molar-refractivity contribution < 1.29 is 33.0 Å². The summed E-state index contributed by atoms with van der Waals surface area (Å²) >= 11 is 0. The molecule has 0 amide bonds. The molecule has 7 atom stereocenters. The van der Waals surface area contributed by atoms with Crippen molar-refractivity contribution in [2.24, 2.45) is 23.7 Å². The zero-order valence-corrected chi connectivity index (χ0v) is 36.6. The summed E-state index contributed by atoms with van der Waals surface area (Å²) in [5.41, 5.74) is 1.11. The Morgan fingerprint density at radius 3 is 1.90 bits per heavy atom. The van der Waals surface area contributed by atoms with E-state index in [0.29, 0.717) is 32.2 Å². The Hall–Kier alpha value is -1.76. The molecule has 0 spiro atoms. The molecule has 7 nitrogen and oxygen atoms in total. The smallest absolute Gasteiger partial charge is 0.330 e. The Morgan fingerprint density at radius 1 is 0.820 bits per heavy atom. The van der Waals surface area contributed by atoms with Gasteiger partial charge in [-0.3, -0.25) is 0 Å². The fraction of sp³-hybridized carbons (Fsp3) is 0.732. The van der Waals surface area contributed by atoms with Gasteiger partial charge in [-0.25, -0.2) is 4.79 Å². The van der Waals surface area contributed by atoms with Crippen LogP contribution in [0.25, 0.3) is 0 Å². The van der Waals surface area contributed by atoms with Crippen LogP contribution in [0.15, 0.2) is 48.6 Å². The minimum absolute atomic E-state index is 0.0219. The van der Waals surface area contributed by atoms with Gasteiger partial charge in [-0.2, -0.15) is 0 Å². The molecule has 1 N–H and O–H groups in total. The number of rotatable bonds is 21. The molecule has 0 fully saturated rings. The standard InChI is InChI=1S/C41H74O7Si2/c1-17-46-38(42)25-19-31(3)37(48-50(15,16)41(9,10)11)27-36(47-49(13,14)40(6,7)8)22-18-32(4)39(43)33(5)26-30(2)28-45-29-34-20-23-35(44-12)24-21-34/h18-25,30-33,36-37,39,43H,17,26-29H2,1-16H3/b22-18?,25-19+/t30-,31+,32+,33+,36-,37+,39+/m1/s1. The number of ether oxygens (including phenoxy) is 3. The van der Waals surface area contributed by atoms with Gasteiger partial charge < -0.3 is 28.2 Å². The predicted molar refractivity (Wildman–Crippen MR) is 214 cm³/mol. The average molecular weight is 735 g/mol. The van der Waals surface area contributed by atoms with E-state index in [4.69, 9.17) is 23.1 Å². The van der Waals surface area contributed by atoms with Crippen LogP contribution in [-0.2, 0) is 29.7 Å². The molecule has 0 radical (unpaired) electrons. The molecule has 9 heteroatoms. The number of hydrogen-bond acceptors (Lipinski definition) is 7. The van der Waals surface area contributed by atoms with Crippen molar-refractivity contribution in [2.75, 3.05) is 20.3 Å². The van der Waals surface area contributed by atoms with Crippen LogP contribution in [0.4, 0.5) is 0 Å². The highest BCUT2D eigenvalue weighted by atomic mass is 28.4. The van der Waals surface area contributed by atoms with Gasteiger partial charge in [0.15, 0.2) is 16.6 Å². The maximum Gasteiger partial charge on any atom is 0.330 e. The normalized spacial score (nSPS) is 17.7. The zero-order chi connectivity index (χ0) is 38.5. The Kier molecular flexibility index (Phi) is 18.9. The van der Waals surface area contributed by atoms with Gasteiger partial charge in [0.25, 0.3) is 0 Å². The Balaban J connectivity index is 3.16. The van der Waals surface area contributed by atoms with Crippen molar-refractivity contribution in [3.8, 4) is 5.75 Å². The second kappa shape index (κ2) is 20.5. The summed E-state index contributed by atoms with van der Waals surface area (Å²) in [7, 11) is -2.67. The van der Waals surface area contributed by atoms with Crippen LogP contribution in [0.1, 0.15) is 94.6 Å². The first kappa shape index (κ1) is 46.3. The van der Waals surface area contributed by atoms with E-state index in [-0.39, 0.29) is 46.0 Å². The fourth-order valence-corrected chi connectivity index (χ4v) is 8.00. The molecule has 0 aromatic heterocycles. The Morgan fingerprint density at radius 2 is 1.38 bits per heavy atom. The third-order valence-electron chi connectivity index (χ3n) is 10.7. The van der Waals surface area contributed by atoms with E-state index >= 15 is 0 Å². The number of carbonyl (C=O) groups excluding carboxylic acids is 1. The lowest BCUT2D eigenvalue weighted by Gasteiger charge is -2.43. The lowest BCUT2D eigenvalue weighted by atomic mass is 9.86. The molecular formula is C41H74O7Si2. The van der Waals surface area contributed by atoms with E-state index in [2.05, 4.69) is 108 Å². The highest BCUT2D eigenvalue weighted by molar-refractivity contribution is 6.74. The molecule has 0 unspecified atom stereocenters. The van der Waals surface area contributed by atoms with Crippen LogP contribution in [0.2, 0.25) is 36.3 Å². The first-order valence-electron chi connectivity index (χ1n) is 18.7. The highest BCUT2D eigenvalue weighted by Crippen LogP contribution is 2.41. The summed E-state index contributed by atoms with van der Waals surface area (Å²) in [6, 6.07) is 7.94. The van der Waals surface area contributed by atoms with Gasteiger partial charge in [0.1, 0.15) is 5.75 Å². The molecule has 1 aromatic rings. The number of aliphatic hydroxyl groups excluding tert-OH is 1. The van der Waals surface area contributed by atoms with Crippen molar-refractivity contribution >= 4 is 22.6 Å². The average Bonchev–Trinajstić information content (AvgIpc) is 3.00. The number of aliphatic hydroxyl groups is 1. The summed E-state index contributed by atoms with van der Waals surface area (Å²) in [5.74, 6) is 0.794. The van der Waals surface area contributed by atoms with Crippen LogP contribution in [-0.4, -0.2) is 66.3 Å². The summed E-state index contributed by atoms with van der Waals surface area (Å²) < 4.78 is 30.5. The Labute approximate surface area is 308 Å². The second-order valence-corrected chi connectivity index (χ2v) is 27.0. The second-order valence-electron chi connectivity index (χ2n) is 17.5. The Bertz CT molecular complexity index is 1180. The van der Waals surface area contributed by atoms with Crippen molar-refractivity contribution in [3.63, 3.8) is 0 Å². The van der Waals surface area contributed by atoms with Gasteiger partial charge in [-0.05, 0) is 85.1 Å². The quantitative estimate of drug-likeness (QED) is 0.0583. The summed E-state index contributed by atoms with van der Waals surface area (Å²) in [5, 5.41) is 11.5. The molecular weight excluding hydrogens is 661 g/mol. The molecule has 0 heterocycles. The molecule has 0 saturated heterocycles. The van der Waals surface area contributed by atoms with Crippen molar-refractivity contribution in [3.05, 3.63) is 54.1 Å². The largest absolute Gasteiger partial charge is 0.497 e. The molecule has 0 bridgehead atoms. The van der Waals surface area contributed by atoms with E-state index in [1.54, 1.807) is 7.11 Å². The summed E-state index contributed by atoms with van der Waals surface area (Å²) in [6.07, 6.45) is 8.36. The lowest BCUT2D eigenvalue weighted by molar-refractivity contribution is -0.137. The number of hydrogen-bond donors (Lipinski definition) is 1. The van der Waals surface area contributed by atoms with Gasteiger partial charge in [-0.1, -0.05) is 99.6 Å². The monoisotopic (exact) mass is 734 g/mol. The van der Waals surface area contributed by atoms with Crippen molar-refractivity contribution in [2.45, 2.75) is 150 Å². The molecule has 0 aliphatic carbocycles. The number of carbonyl (C=O) groups is 1. The SMILES string of the molecule is CCOC(=O)/C=C/[C@H](C)[C@H](C[C@@H](C=C[C@H](C)[C@H](O)[C@@H](C)C[C@@H](C)COCc1ccc(OC)cc1)O[Si](C)(C)C(C)(C)C)O[Si](C)(C)C(C)(C)C. The van der Waals surface area contributed by atoms with E-state index < -0.39 is 22.7 Å². The first-order chi connectivity index (χ1) is 22.9. The first-order valence-corrected chi connectivity index (χ1v) is 24.5. The summed E-state index contributed by atoms with van der Waals surface area (Å²) in [6.45, 7) is 34.4. The summed E-state index contributed by atoms with van der Waals surface area (Å²) in [4.78, 5) is 12.2. The molecule has 1 rings (SSSR count). The van der Waals surface area contributed by atoms with Crippen molar-refractivity contribution in [1.29, 1.82) is 0 Å². The van der Waals surface area contributed by atoms with E-state index in [9.17, 15) is 9.90 Å². The third-order valence-corrected chi connectivity index (χ3v) is 19.7. The van der Waals surface area contributed by atoms with E-state index in [1.807, 2.05) is 37.3 Å². The van der Waals surface area contributed by atoms with Gasteiger partial charge in [0, 0.05) is 25.0 Å². The minimum Gasteiger partial charge on any atom is -0.497 e. The number of esters is 1. The molecule has 288 valence electrons. The van der Waals surface area contributed by atoms with Gasteiger partial charge in [-0.15, -0.1) is 0 Å². The number of benzene rings is 1. The zero-order valence-electron chi connectivity index (χ0n) is 34.6. The van der Waals surface area contributed by atoms with Crippen molar-refractivity contribution in [1.82, 2.24) is 0 Å². The van der Waals surface area contributed by atoms with Crippen LogP contribution >= 0.6 is 0 Å². The van der Waals surface area contributed by atoms with Crippen LogP contribution < -0.4 is 4.74 Å². The predicted octanol–water partition coefficient (Wildman–Crippen LogP) is 10.4. The van der Waals surface area contributed by atoms with E-state index in [1.165, 1.54) is 6.08 Å². The van der Waals surface area contributed by atoms with Gasteiger partial charge in [0.2, 0.25) is 0 Å². The number of methoxy groups -OCH3 is 1. The molecule has 0 aliphatic rings.